The highest BCUT2D eigenvalue weighted by Gasteiger charge is 2.27. The highest BCUT2D eigenvalue weighted by molar-refractivity contribution is 4.85. The summed E-state index contributed by atoms with van der Waals surface area (Å²) in [4.78, 5) is 0. The average molecular weight is 115 g/mol. The molecule has 1 heterocycles. The van der Waals surface area contributed by atoms with E-state index in [0.29, 0.717) is 0 Å². The third-order valence-electron chi connectivity index (χ3n) is 1.88. The van der Waals surface area contributed by atoms with Crippen molar-refractivity contribution < 1.29 is 5.11 Å². The second-order valence-corrected chi connectivity index (χ2v) is 2.50. The number of rotatable bonds is 1. The Morgan fingerprint density at radius 3 is 2.75 bits per heavy atom. The number of β-amino-alcohol motifs (C(OH)–C–C–N with tert-alkyl or cyclic N) is 1. The Morgan fingerprint density at radius 2 is 2.50 bits per heavy atom. The zero-order valence-electron chi connectivity index (χ0n) is 5.28. The summed E-state index contributed by atoms with van der Waals surface area (Å²) in [5.74, 6) is 0. The van der Waals surface area contributed by atoms with Crippen molar-refractivity contribution in [3.8, 4) is 0 Å². The van der Waals surface area contributed by atoms with Gasteiger partial charge in [0.2, 0.25) is 0 Å². The molecule has 8 heavy (non-hydrogen) atoms. The zero-order valence-corrected chi connectivity index (χ0v) is 5.28. The summed E-state index contributed by atoms with van der Waals surface area (Å²) in [6.07, 6.45) is 1.80. The average Bonchev–Trinajstić information content (AvgIpc) is 2.17. The third kappa shape index (κ3) is 1.01. The maximum atomic E-state index is 9.44. The van der Waals surface area contributed by atoms with Gasteiger partial charge in [-0.25, -0.2) is 0 Å². The molecule has 0 aromatic heterocycles. The van der Waals surface area contributed by atoms with Crippen LogP contribution in [0.2, 0.25) is 0 Å². The molecule has 1 atom stereocenters. The number of nitrogens with one attached hydrogen (secondary N) is 1. The van der Waals surface area contributed by atoms with Crippen molar-refractivity contribution in [1.82, 2.24) is 5.32 Å². The van der Waals surface area contributed by atoms with Gasteiger partial charge in [0.05, 0.1) is 5.60 Å². The summed E-state index contributed by atoms with van der Waals surface area (Å²) in [5.41, 5.74) is -0.375. The van der Waals surface area contributed by atoms with Crippen LogP contribution in [0, 0.1) is 0 Å². The van der Waals surface area contributed by atoms with Crippen LogP contribution in [0.15, 0.2) is 0 Å². The summed E-state index contributed by atoms with van der Waals surface area (Å²) < 4.78 is 0. The molecular weight excluding hydrogens is 102 g/mol. The van der Waals surface area contributed by atoms with E-state index in [9.17, 15) is 5.11 Å². The van der Waals surface area contributed by atoms with Crippen LogP contribution in [-0.2, 0) is 0 Å². The smallest absolute Gasteiger partial charge is 0.0781 e. The van der Waals surface area contributed by atoms with Gasteiger partial charge in [0.15, 0.2) is 0 Å². The molecule has 48 valence electrons. The molecule has 1 rings (SSSR count). The minimum atomic E-state index is -0.375. The lowest BCUT2D eigenvalue weighted by Gasteiger charge is -2.17. The van der Waals surface area contributed by atoms with Crippen LogP contribution in [0.5, 0.6) is 0 Å². The molecule has 1 aliphatic rings. The van der Waals surface area contributed by atoms with E-state index in [4.69, 9.17) is 0 Å². The Bertz CT molecular complexity index is 76.6. The van der Waals surface area contributed by atoms with Crippen molar-refractivity contribution in [3.05, 3.63) is 0 Å². The van der Waals surface area contributed by atoms with E-state index in [2.05, 4.69) is 5.32 Å². The lowest BCUT2D eigenvalue weighted by molar-refractivity contribution is 0.0575. The summed E-state index contributed by atoms with van der Waals surface area (Å²) in [6, 6.07) is 0. The summed E-state index contributed by atoms with van der Waals surface area (Å²) in [5, 5.41) is 12.6. The maximum absolute atomic E-state index is 9.44. The van der Waals surface area contributed by atoms with E-state index in [0.717, 1.165) is 25.9 Å². The van der Waals surface area contributed by atoms with Gasteiger partial charge < -0.3 is 10.4 Å². The Labute approximate surface area is 49.9 Å². The quantitative estimate of drug-likeness (QED) is 0.509. The van der Waals surface area contributed by atoms with Crippen molar-refractivity contribution >= 4 is 0 Å². The van der Waals surface area contributed by atoms with Gasteiger partial charge in [-0.2, -0.15) is 0 Å². The first-order chi connectivity index (χ1) is 3.77. The molecule has 0 amide bonds. The normalized spacial score (nSPS) is 38.2. The predicted octanol–water partition coefficient (Wildman–Crippen LogP) is 0.121. The Kier molecular flexibility index (Phi) is 1.54. The summed E-state index contributed by atoms with van der Waals surface area (Å²) in [7, 11) is 0. The van der Waals surface area contributed by atoms with Crippen molar-refractivity contribution in [1.29, 1.82) is 0 Å². The van der Waals surface area contributed by atoms with Gasteiger partial charge in [0.1, 0.15) is 0 Å². The highest BCUT2D eigenvalue weighted by Crippen LogP contribution is 2.16. The fourth-order valence-electron chi connectivity index (χ4n) is 1.03. The predicted molar refractivity (Wildman–Crippen MR) is 32.7 cm³/mol. The third-order valence-corrected chi connectivity index (χ3v) is 1.88. The SMILES string of the molecule is CC[C@@]1(O)CCNC1. The molecule has 0 spiro atoms. The molecule has 1 fully saturated rings. The standard InChI is InChI=1S/C6H13NO/c1-2-6(8)3-4-7-5-6/h7-8H,2-5H2,1H3/t6-/m1/s1. The first-order valence-electron chi connectivity index (χ1n) is 3.20. The molecule has 2 heteroatoms. The van der Waals surface area contributed by atoms with Crippen LogP contribution in [0.1, 0.15) is 19.8 Å². The van der Waals surface area contributed by atoms with Gasteiger partial charge in [-0.15, -0.1) is 0 Å². The Hall–Kier alpha value is -0.0800. The van der Waals surface area contributed by atoms with Gasteiger partial charge in [-0.1, -0.05) is 6.92 Å². The van der Waals surface area contributed by atoms with Crippen LogP contribution in [0.4, 0.5) is 0 Å². The summed E-state index contributed by atoms with van der Waals surface area (Å²) >= 11 is 0. The first kappa shape index (κ1) is 6.05. The fourth-order valence-corrected chi connectivity index (χ4v) is 1.03. The van der Waals surface area contributed by atoms with Crippen LogP contribution in [0.25, 0.3) is 0 Å². The topological polar surface area (TPSA) is 32.3 Å². The second kappa shape index (κ2) is 2.03. The second-order valence-electron chi connectivity index (χ2n) is 2.50. The number of hydrogen-bond donors (Lipinski definition) is 2. The monoisotopic (exact) mass is 115 g/mol. The van der Waals surface area contributed by atoms with Crippen LogP contribution in [0.3, 0.4) is 0 Å². The summed E-state index contributed by atoms with van der Waals surface area (Å²) in [6.45, 7) is 3.78. The fraction of sp³-hybridized carbons (Fsp3) is 1.00. The van der Waals surface area contributed by atoms with E-state index < -0.39 is 0 Å². The molecule has 0 unspecified atom stereocenters. The van der Waals surface area contributed by atoms with Crippen molar-refractivity contribution in [2.24, 2.45) is 0 Å². The molecule has 0 aliphatic carbocycles. The molecule has 0 bridgehead atoms. The molecule has 1 saturated heterocycles. The van der Waals surface area contributed by atoms with E-state index in [1.807, 2.05) is 6.92 Å². The Morgan fingerprint density at radius 1 is 1.75 bits per heavy atom. The van der Waals surface area contributed by atoms with E-state index >= 15 is 0 Å². The van der Waals surface area contributed by atoms with E-state index in [-0.39, 0.29) is 5.60 Å². The molecule has 0 aromatic carbocycles. The van der Waals surface area contributed by atoms with Crippen molar-refractivity contribution in [2.45, 2.75) is 25.4 Å². The maximum Gasteiger partial charge on any atom is 0.0781 e. The van der Waals surface area contributed by atoms with E-state index in [1.54, 1.807) is 0 Å². The van der Waals surface area contributed by atoms with Gasteiger partial charge >= 0.3 is 0 Å². The first-order valence-corrected chi connectivity index (χ1v) is 3.20. The zero-order chi connectivity index (χ0) is 6.04. The Balaban J connectivity index is 2.40. The minimum absolute atomic E-state index is 0.375. The van der Waals surface area contributed by atoms with Gasteiger partial charge in [-0.05, 0) is 19.4 Å². The lowest BCUT2D eigenvalue weighted by atomic mass is 10.0. The van der Waals surface area contributed by atoms with Crippen molar-refractivity contribution in [3.63, 3.8) is 0 Å². The van der Waals surface area contributed by atoms with Crippen LogP contribution < -0.4 is 5.32 Å². The van der Waals surface area contributed by atoms with Gasteiger partial charge in [0.25, 0.3) is 0 Å². The molecule has 2 N–H and O–H groups in total. The lowest BCUT2D eigenvalue weighted by Crippen LogP contribution is -2.29. The molecule has 2 nitrogen and oxygen atoms in total. The largest absolute Gasteiger partial charge is 0.389 e. The van der Waals surface area contributed by atoms with E-state index in [1.165, 1.54) is 0 Å². The number of hydrogen-bond acceptors (Lipinski definition) is 2. The molecule has 1 aliphatic heterocycles. The molecule has 0 aromatic rings. The highest BCUT2D eigenvalue weighted by atomic mass is 16.3. The molecule has 0 saturated carbocycles. The molecular formula is C6H13NO. The number of aliphatic hydroxyl groups is 1. The van der Waals surface area contributed by atoms with Crippen molar-refractivity contribution in [2.75, 3.05) is 13.1 Å². The van der Waals surface area contributed by atoms with Gasteiger partial charge in [-0.3, -0.25) is 0 Å². The van der Waals surface area contributed by atoms with Gasteiger partial charge in [0, 0.05) is 6.54 Å². The van der Waals surface area contributed by atoms with Crippen LogP contribution in [-0.4, -0.2) is 23.8 Å². The molecule has 0 radical (unpaired) electrons. The van der Waals surface area contributed by atoms with Crippen LogP contribution >= 0.6 is 0 Å². The minimum Gasteiger partial charge on any atom is -0.389 e.